The van der Waals surface area contributed by atoms with Crippen molar-refractivity contribution in [3.63, 3.8) is 0 Å². The van der Waals surface area contributed by atoms with Crippen molar-refractivity contribution in [1.29, 1.82) is 0 Å². The summed E-state index contributed by atoms with van der Waals surface area (Å²) in [7, 11) is 4.38. The topological polar surface area (TPSA) is 164 Å². The Morgan fingerprint density at radius 1 is 0.969 bits per heavy atom. The van der Waals surface area contributed by atoms with Gasteiger partial charge in [-0.2, -0.15) is 0 Å². The van der Waals surface area contributed by atoms with Crippen molar-refractivity contribution in [2.45, 2.75) is 50.0 Å². The van der Waals surface area contributed by atoms with E-state index in [4.69, 9.17) is 39.6 Å². The van der Waals surface area contributed by atoms with Gasteiger partial charge in [-0.1, -0.05) is 18.9 Å². The Balaban J connectivity index is 0.000000253. The zero-order chi connectivity index (χ0) is 24.1. The van der Waals surface area contributed by atoms with E-state index in [9.17, 15) is 0 Å². The van der Waals surface area contributed by atoms with E-state index in [0.29, 0.717) is 5.41 Å². The molecular weight excluding hydrogens is 420 g/mol. The molecule has 0 radical (unpaired) electrons. The Morgan fingerprint density at radius 3 is 2.09 bits per heavy atom. The number of hydrogen-bond acceptors (Lipinski definition) is 6. The van der Waals surface area contributed by atoms with Crippen molar-refractivity contribution >= 4 is 29.6 Å². The Morgan fingerprint density at radius 2 is 1.56 bits per heavy atom. The third kappa shape index (κ3) is 5.37. The number of fused-ring (bicyclic) bond motifs is 1. The first kappa shape index (κ1) is 25.1. The molecule has 4 rings (SSSR count). The number of carboxylic acids is 4. The highest BCUT2D eigenvalue weighted by atomic mass is 16.4. The first-order valence-corrected chi connectivity index (χ1v) is 10.5. The molecule has 1 saturated carbocycles. The molecule has 0 amide bonds. The molecule has 10 nitrogen and oxygen atoms in total. The molecule has 32 heavy (non-hydrogen) atoms. The second-order valence-electron chi connectivity index (χ2n) is 8.35. The van der Waals surface area contributed by atoms with E-state index in [1.54, 1.807) is 11.1 Å². The van der Waals surface area contributed by atoms with E-state index in [2.05, 4.69) is 35.5 Å². The van der Waals surface area contributed by atoms with E-state index < -0.39 is 23.9 Å². The van der Waals surface area contributed by atoms with E-state index in [-0.39, 0.29) is 0 Å². The normalized spacial score (nSPS) is 25.3. The number of anilines is 1. The summed E-state index contributed by atoms with van der Waals surface area (Å²) in [5.74, 6) is -6.40. The maximum absolute atomic E-state index is 9.10. The van der Waals surface area contributed by atoms with Gasteiger partial charge in [-0.25, -0.2) is 19.2 Å². The number of nitrogens with one attached hydrogen (secondary N) is 1. The summed E-state index contributed by atoms with van der Waals surface area (Å²) in [6, 6.07) is 7.90. The van der Waals surface area contributed by atoms with Gasteiger partial charge in [0.15, 0.2) is 0 Å². The lowest BCUT2D eigenvalue weighted by Gasteiger charge is -2.58. The average molecular weight is 450 g/mol. The fourth-order valence-corrected chi connectivity index (χ4v) is 5.35. The number of likely N-dealkylation sites (tertiary alicyclic amines) is 1. The summed E-state index contributed by atoms with van der Waals surface area (Å²) in [5.41, 5.74) is 5.10. The lowest BCUT2D eigenvalue weighted by Crippen LogP contribution is -2.59. The number of aliphatic carboxylic acids is 4. The smallest absolute Gasteiger partial charge is 0.414 e. The minimum absolute atomic E-state index is 0.496. The maximum atomic E-state index is 9.10. The van der Waals surface area contributed by atoms with Gasteiger partial charge in [0.25, 0.3) is 0 Å². The van der Waals surface area contributed by atoms with Gasteiger partial charge in [-0.15, -0.1) is 0 Å². The van der Waals surface area contributed by atoms with Crippen molar-refractivity contribution < 1.29 is 39.6 Å². The molecule has 10 heteroatoms. The number of rotatable bonds is 1. The molecule has 2 fully saturated rings. The van der Waals surface area contributed by atoms with Crippen LogP contribution in [0.25, 0.3) is 0 Å². The summed E-state index contributed by atoms with van der Waals surface area (Å²) >= 11 is 0. The second-order valence-corrected chi connectivity index (χ2v) is 8.35. The molecule has 2 bridgehead atoms. The lowest BCUT2D eigenvalue weighted by atomic mass is 9.52. The van der Waals surface area contributed by atoms with Crippen LogP contribution in [-0.4, -0.2) is 75.9 Å². The van der Waals surface area contributed by atoms with Crippen LogP contribution in [0.5, 0.6) is 0 Å². The van der Waals surface area contributed by atoms with Gasteiger partial charge in [0, 0.05) is 24.2 Å². The first-order valence-electron chi connectivity index (χ1n) is 10.5. The molecule has 5 N–H and O–H groups in total. The Bertz CT molecular complexity index is 839. The number of benzene rings is 1. The molecule has 1 heterocycles. The number of likely N-dealkylation sites (N-methyl/N-ethyl adjacent to an activating group) is 1. The van der Waals surface area contributed by atoms with Gasteiger partial charge in [0.1, 0.15) is 0 Å². The average Bonchev–Trinajstić information content (AvgIpc) is 2.76. The van der Waals surface area contributed by atoms with Gasteiger partial charge in [-0.3, -0.25) is 0 Å². The minimum atomic E-state index is -1.82. The summed E-state index contributed by atoms with van der Waals surface area (Å²) in [4.78, 5) is 39.0. The Hall–Kier alpha value is -3.14. The van der Waals surface area contributed by atoms with Crippen molar-refractivity contribution in [1.82, 2.24) is 4.90 Å². The SMILES string of the molecule is CNc1ccc2c(c1)[C@@]13CCCC[C@H]1[C@@H](C2)N(C)CC3.O=C(O)C(=O)O.O=C(O)C(=O)O. The van der Waals surface area contributed by atoms with Crippen molar-refractivity contribution in [2.75, 3.05) is 26.0 Å². The van der Waals surface area contributed by atoms with Gasteiger partial charge in [0.05, 0.1) is 0 Å². The number of carboxylic acid groups (broad SMARTS) is 4. The fourth-order valence-electron chi connectivity index (χ4n) is 5.35. The van der Waals surface area contributed by atoms with Crippen LogP contribution in [0.4, 0.5) is 5.69 Å². The molecule has 0 spiro atoms. The van der Waals surface area contributed by atoms with Crippen molar-refractivity contribution in [3.05, 3.63) is 29.3 Å². The zero-order valence-corrected chi connectivity index (χ0v) is 18.2. The number of carbonyl (C=O) groups is 4. The summed E-state index contributed by atoms with van der Waals surface area (Å²) in [5, 5.41) is 32.9. The summed E-state index contributed by atoms with van der Waals surface area (Å²) in [6.07, 6.45) is 8.36. The van der Waals surface area contributed by atoms with E-state index in [1.807, 2.05) is 7.05 Å². The molecule has 0 aromatic heterocycles. The van der Waals surface area contributed by atoms with Crippen LogP contribution in [-0.2, 0) is 31.0 Å². The molecule has 1 aromatic rings. The fraction of sp³-hybridized carbons (Fsp3) is 0.545. The quantitative estimate of drug-likeness (QED) is 0.398. The van der Waals surface area contributed by atoms with E-state index >= 15 is 0 Å². The van der Waals surface area contributed by atoms with Crippen LogP contribution in [0, 0.1) is 5.92 Å². The molecule has 176 valence electrons. The first-order chi connectivity index (χ1) is 15.0. The molecule has 0 unspecified atom stereocenters. The highest BCUT2D eigenvalue weighted by Gasteiger charge is 2.52. The molecule has 3 atom stereocenters. The van der Waals surface area contributed by atoms with Crippen molar-refractivity contribution in [2.24, 2.45) is 5.92 Å². The minimum Gasteiger partial charge on any atom is -0.473 e. The predicted octanol–water partition coefficient (Wildman–Crippen LogP) is 1.73. The van der Waals surface area contributed by atoms with Gasteiger partial charge < -0.3 is 30.6 Å². The Labute approximate surface area is 185 Å². The second kappa shape index (κ2) is 10.4. The van der Waals surface area contributed by atoms with E-state index in [0.717, 1.165) is 12.0 Å². The molecule has 1 aliphatic heterocycles. The molecule has 1 saturated heterocycles. The van der Waals surface area contributed by atoms with Crippen LogP contribution in [0.15, 0.2) is 18.2 Å². The monoisotopic (exact) mass is 450 g/mol. The summed E-state index contributed by atoms with van der Waals surface area (Å²) < 4.78 is 0. The van der Waals surface area contributed by atoms with Gasteiger partial charge in [-0.05, 0) is 68.5 Å². The van der Waals surface area contributed by atoms with Crippen LogP contribution in [0.3, 0.4) is 0 Å². The third-order valence-corrected chi connectivity index (χ3v) is 6.77. The molecule has 3 aliphatic rings. The standard InChI is InChI=1S/C18H26N2.2C2H2O4/c1-19-14-7-6-13-11-17-15-5-3-4-8-18(15,16(13)12-14)9-10-20(17)2;2*3-1(4)2(5)6/h6-7,12,15,17,19H,3-5,8-11H2,1-2H3;2*(H,3,4)(H,5,6)/t15-,17+,18+;;/m0../s1. The largest absolute Gasteiger partial charge is 0.473 e. The van der Waals surface area contributed by atoms with Gasteiger partial charge in [0.2, 0.25) is 0 Å². The van der Waals surface area contributed by atoms with Crippen LogP contribution in [0.2, 0.25) is 0 Å². The van der Waals surface area contributed by atoms with Crippen molar-refractivity contribution in [3.8, 4) is 0 Å². The number of nitrogens with zero attached hydrogens (tertiary/aromatic N) is 1. The zero-order valence-electron chi connectivity index (χ0n) is 18.2. The lowest BCUT2D eigenvalue weighted by molar-refractivity contribution is -0.159. The third-order valence-electron chi connectivity index (χ3n) is 6.77. The molecule has 1 aromatic carbocycles. The number of hydrogen-bond donors (Lipinski definition) is 5. The molecule has 2 aliphatic carbocycles. The van der Waals surface area contributed by atoms with Crippen LogP contribution < -0.4 is 5.32 Å². The van der Waals surface area contributed by atoms with Crippen LogP contribution >= 0.6 is 0 Å². The molecular formula is C22H30N2O8. The highest BCUT2D eigenvalue weighted by molar-refractivity contribution is 6.27. The number of piperidine rings is 1. The summed E-state index contributed by atoms with van der Waals surface area (Å²) in [6.45, 7) is 1.28. The Kier molecular flexibility index (Phi) is 8.20. The van der Waals surface area contributed by atoms with Crippen LogP contribution in [0.1, 0.15) is 43.2 Å². The maximum Gasteiger partial charge on any atom is 0.414 e. The highest BCUT2D eigenvalue weighted by Crippen LogP contribution is 2.55. The van der Waals surface area contributed by atoms with Gasteiger partial charge >= 0.3 is 23.9 Å². The van der Waals surface area contributed by atoms with E-state index in [1.165, 1.54) is 50.8 Å². The predicted molar refractivity (Wildman–Crippen MR) is 115 cm³/mol.